The van der Waals surface area contributed by atoms with Gasteiger partial charge in [-0.3, -0.25) is 19.3 Å². The zero-order valence-electron chi connectivity index (χ0n) is 16.0. The first-order chi connectivity index (χ1) is 14.0. The molecule has 0 unspecified atom stereocenters. The van der Waals surface area contributed by atoms with Crippen molar-refractivity contribution in [2.24, 2.45) is 0 Å². The number of piperazine rings is 1. The first-order valence-electron chi connectivity index (χ1n) is 9.36. The fourth-order valence-corrected chi connectivity index (χ4v) is 3.42. The molecule has 0 saturated carbocycles. The molecule has 3 heterocycles. The van der Waals surface area contributed by atoms with Gasteiger partial charge in [-0.25, -0.2) is 0 Å². The van der Waals surface area contributed by atoms with E-state index in [-0.39, 0.29) is 29.6 Å². The molecule has 2 aromatic heterocycles. The Morgan fingerprint density at radius 3 is 2.66 bits per heavy atom. The summed E-state index contributed by atoms with van der Waals surface area (Å²) in [5.74, 6) is 0.618. The van der Waals surface area contributed by atoms with Crippen LogP contribution in [0.25, 0.3) is 10.8 Å². The van der Waals surface area contributed by atoms with Gasteiger partial charge in [-0.1, -0.05) is 23.4 Å². The quantitative estimate of drug-likeness (QED) is 0.687. The summed E-state index contributed by atoms with van der Waals surface area (Å²) in [5, 5.41) is 7.72. The number of H-pyrrole nitrogens is 1. The van der Waals surface area contributed by atoms with E-state index < -0.39 is 0 Å². The SMILES string of the molecule is Cc1cc(NC(=O)CN2CCN(C(=O)c3cc4ccccc4c(=O)[nH]3)CC2)no1. The number of hydrogen-bond acceptors (Lipinski definition) is 6. The van der Waals surface area contributed by atoms with E-state index in [1.807, 2.05) is 17.0 Å². The number of carbonyl (C=O) groups excluding carboxylic acids is 2. The number of benzene rings is 1. The predicted molar refractivity (Wildman–Crippen MR) is 107 cm³/mol. The monoisotopic (exact) mass is 395 g/mol. The molecule has 1 fully saturated rings. The molecule has 0 atom stereocenters. The van der Waals surface area contributed by atoms with E-state index in [2.05, 4.69) is 15.5 Å². The van der Waals surface area contributed by atoms with Gasteiger partial charge in [0.2, 0.25) is 5.91 Å². The molecule has 0 aliphatic carbocycles. The first-order valence-corrected chi connectivity index (χ1v) is 9.36. The van der Waals surface area contributed by atoms with Crippen molar-refractivity contribution in [3.63, 3.8) is 0 Å². The summed E-state index contributed by atoms with van der Waals surface area (Å²) < 4.78 is 4.93. The normalized spacial score (nSPS) is 14.9. The maximum absolute atomic E-state index is 12.8. The highest BCUT2D eigenvalue weighted by Gasteiger charge is 2.24. The van der Waals surface area contributed by atoms with E-state index >= 15 is 0 Å². The molecule has 0 radical (unpaired) electrons. The zero-order chi connectivity index (χ0) is 20.4. The molecule has 0 bridgehead atoms. The van der Waals surface area contributed by atoms with Crippen molar-refractivity contribution in [1.29, 1.82) is 0 Å². The summed E-state index contributed by atoms with van der Waals surface area (Å²) in [4.78, 5) is 43.5. The van der Waals surface area contributed by atoms with E-state index in [1.54, 1.807) is 36.1 Å². The highest BCUT2D eigenvalue weighted by atomic mass is 16.5. The number of rotatable bonds is 4. The Morgan fingerprint density at radius 2 is 1.93 bits per heavy atom. The highest BCUT2D eigenvalue weighted by Crippen LogP contribution is 2.13. The molecule has 1 aliphatic rings. The molecule has 2 N–H and O–H groups in total. The minimum Gasteiger partial charge on any atom is -0.360 e. The Balaban J connectivity index is 1.35. The number of nitrogens with zero attached hydrogens (tertiary/aromatic N) is 3. The van der Waals surface area contributed by atoms with Gasteiger partial charge < -0.3 is 19.7 Å². The van der Waals surface area contributed by atoms with Crippen LogP contribution in [0.3, 0.4) is 0 Å². The number of aromatic amines is 1. The Kier molecular flexibility index (Phi) is 5.13. The minimum absolute atomic E-state index is 0.183. The van der Waals surface area contributed by atoms with Crippen LogP contribution in [0.2, 0.25) is 0 Å². The lowest BCUT2D eigenvalue weighted by molar-refractivity contribution is -0.117. The number of anilines is 1. The Labute approximate surface area is 166 Å². The fraction of sp³-hybridized carbons (Fsp3) is 0.300. The van der Waals surface area contributed by atoms with Crippen molar-refractivity contribution in [3.8, 4) is 0 Å². The molecule has 0 spiro atoms. The number of fused-ring (bicyclic) bond motifs is 1. The van der Waals surface area contributed by atoms with Crippen LogP contribution in [0.1, 0.15) is 16.2 Å². The van der Waals surface area contributed by atoms with E-state index in [9.17, 15) is 14.4 Å². The molecule has 1 aromatic carbocycles. The van der Waals surface area contributed by atoms with Crippen LogP contribution in [0.4, 0.5) is 5.82 Å². The molecule has 4 rings (SSSR count). The second-order valence-corrected chi connectivity index (χ2v) is 7.04. The summed E-state index contributed by atoms with van der Waals surface area (Å²) >= 11 is 0. The molecule has 1 saturated heterocycles. The van der Waals surface area contributed by atoms with Gasteiger partial charge in [0, 0.05) is 37.6 Å². The van der Waals surface area contributed by atoms with Crippen molar-refractivity contribution >= 4 is 28.4 Å². The van der Waals surface area contributed by atoms with Gasteiger partial charge in [-0.2, -0.15) is 0 Å². The third-order valence-electron chi connectivity index (χ3n) is 4.91. The van der Waals surface area contributed by atoms with Gasteiger partial charge in [-0.05, 0) is 24.4 Å². The lowest BCUT2D eigenvalue weighted by Gasteiger charge is -2.34. The van der Waals surface area contributed by atoms with E-state index in [0.717, 1.165) is 5.39 Å². The number of amides is 2. The van der Waals surface area contributed by atoms with Gasteiger partial charge in [0.25, 0.3) is 11.5 Å². The summed E-state index contributed by atoms with van der Waals surface area (Å²) in [6, 6.07) is 10.5. The molecule has 2 amide bonds. The third-order valence-corrected chi connectivity index (χ3v) is 4.91. The van der Waals surface area contributed by atoms with Crippen molar-refractivity contribution in [1.82, 2.24) is 19.9 Å². The van der Waals surface area contributed by atoms with Crippen molar-refractivity contribution in [3.05, 3.63) is 58.2 Å². The molecular formula is C20H21N5O4. The smallest absolute Gasteiger partial charge is 0.270 e. The van der Waals surface area contributed by atoms with Gasteiger partial charge in [0.15, 0.2) is 5.82 Å². The average molecular weight is 395 g/mol. The Hall–Kier alpha value is -3.46. The molecule has 9 nitrogen and oxygen atoms in total. The summed E-state index contributed by atoms with van der Waals surface area (Å²) in [5.41, 5.74) is 0.00569. The minimum atomic E-state index is -0.273. The van der Waals surface area contributed by atoms with Crippen molar-refractivity contribution in [2.75, 3.05) is 38.0 Å². The lowest BCUT2D eigenvalue weighted by Crippen LogP contribution is -2.50. The number of aryl methyl sites for hydroxylation is 1. The number of nitrogens with one attached hydrogen (secondary N) is 2. The number of hydrogen-bond donors (Lipinski definition) is 2. The summed E-state index contributed by atoms with van der Waals surface area (Å²) in [7, 11) is 0. The van der Waals surface area contributed by atoms with Crippen LogP contribution < -0.4 is 10.9 Å². The van der Waals surface area contributed by atoms with Crippen LogP contribution in [0.15, 0.2) is 45.7 Å². The second kappa shape index (κ2) is 7.88. The molecule has 1 aliphatic heterocycles. The van der Waals surface area contributed by atoms with Crippen LogP contribution in [0, 0.1) is 6.92 Å². The Bertz CT molecular complexity index is 1110. The van der Waals surface area contributed by atoms with Crippen molar-refractivity contribution < 1.29 is 14.1 Å². The number of carbonyl (C=O) groups is 2. The first kappa shape index (κ1) is 18.9. The Morgan fingerprint density at radius 1 is 1.17 bits per heavy atom. The second-order valence-electron chi connectivity index (χ2n) is 7.04. The van der Waals surface area contributed by atoms with Gasteiger partial charge >= 0.3 is 0 Å². The maximum atomic E-state index is 12.8. The fourth-order valence-electron chi connectivity index (χ4n) is 3.42. The summed E-state index contributed by atoms with van der Waals surface area (Å²) in [6.45, 7) is 4.04. The molecule has 3 aromatic rings. The standard InChI is InChI=1S/C20H21N5O4/c1-13-10-17(23-29-13)22-18(26)12-24-6-8-25(9-7-24)20(28)16-11-14-4-2-3-5-15(14)19(27)21-16/h2-5,10-11H,6-9,12H2,1H3,(H,21,27)(H,22,23,26). The third kappa shape index (κ3) is 4.19. The number of aromatic nitrogens is 2. The van der Waals surface area contributed by atoms with E-state index in [1.165, 1.54) is 0 Å². The molecule has 9 heteroatoms. The van der Waals surface area contributed by atoms with Crippen LogP contribution in [-0.2, 0) is 4.79 Å². The molecule has 29 heavy (non-hydrogen) atoms. The summed E-state index contributed by atoms with van der Waals surface area (Å²) in [6.07, 6.45) is 0. The molecular weight excluding hydrogens is 374 g/mol. The molecule has 150 valence electrons. The van der Waals surface area contributed by atoms with Gasteiger partial charge in [0.1, 0.15) is 11.5 Å². The van der Waals surface area contributed by atoms with Gasteiger partial charge in [-0.15, -0.1) is 0 Å². The van der Waals surface area contributed by atoms with E-state index in [0.29, 0.717) is 43.1 Å². The van der Waals surface area contributed by atoms with Gasteiger partial charge in [0.05, 0.1) is 6.54 Å². The van der Waals surface area contributed by atoms with Crippen LogP contribution in [0.5, 0.6) is 0 Å². The van der Waals surface area contributed by atoms with E-state index in [4.69, 9.17) is 4.52 Å². The maximum Gasteiger partial charge on any atom is 0.270 e. The van der Waals surface area contributed by atoms with Crippen LogP contribution in [-0.4, -0.2) is 64.5 Å². The van der Waals surface area contributed by atoms with Crippen molar-refractivity contribution in [2.45, 2.75) is 6.92 Å². The number of pyridine rings is 1. The lowest BCUT2D eigenvalue weighted by atomic mass is 10.1. The highest BCUT2D eigenvalue weighted by molar-refractivity contribution is 5.96. The van der Waals surface area contributed by atoms with Crippen LogP contribution >= 0.6 is 0 Å². The topological polar surface area (TPSA) is 112 Å². The predicted octanol–water partition coefficient (Wildman–Crippen LogP) is 1.22. The largest absolute Gasteiger partial charge is 0.360 e. The average Bonchev–Trinajstić information content (AvgIpc) is 3.12. The zero-order valence-corrected chi connectivity index (χ0v) is 16.0.